The van der Waals surface area contributed by atoms with Gasteiger partial charge in [0.2, 0.25) is 0 Å². The second kappa shape index (κ2) is 12.4. The molecule has 0 unspecified atom stereocenters. The summed E-state index contributed by atoms with van der Waals surface area (Å²) < 4.78 is 28.7. The van der Waals surface area contributed by atoms with Crippen LogP contribution in [-0.4, -0.2) is 57.9 Å². The van der Waals surface area contributed by atoms with Gasteiger partial charge in [-0.05, 0) is 68.1 Å². The highest BCUT2D eigenvalue weighted by molar-refractivity contribution is 5.97. The van der Waals surface area contributed by atoms with E-state index >= 15 is 0 Å². The van der Waals surface area contributed by atoms with Crippen LogP contribution < -0.4 is 19.5 Å². The molecule has 0 saturated carbocycles. The zero-order valence-electron chi connectivity index (χ0n) is 19.9. The van der Waals surface area contributed by atoms with Crippen LogP contribution in [0.5, 0.6) is 17.2 Å². The Morgan fingerprint density at radius 3 is 2.52 bits per heavy atom. The third kappa shape index (κ3) is 6.84. The maximum Gasteiger partial charge on any atom is 0.255 e. The molecule has 3 rings (SSSR count). The summed E-state index contributed by atoms with van der Waals surface area (Å²) in [6, 6.07) is 9.54. The number of hydrogen-bond acceptors (Lipinski definition) is 5. The number of nitrogens with one attached hydrogen (secondary N) is 1. The Morgan fingerprint density at radius 1 is 1.03 bits per heavy atom. The molecule has 1 aliphatic heterocycles. The maximum atomic E-state index is 12.6. The van der Waals surface area contributed by atoms with Crippen LogP contribution in [0.25, 0.3) is 0 Å². The fraction of sp³-hybridized carbons (Fsp3) is 0.500. The van der Waals surface area contributed by atoms with E-state index in [1.54, 1.807) is 26.4 Å². The third-order valence-corrected chi connectivity index (χ3v) is 5.95. The fourth-order valence-electron chi connectivity index (χ4n) is 4.16. The molecule has 0 fully saturated rings. The molecule has 2 aromatic rings. The van der Waals surface area contributed by atoms with E-state index in [2.05, 4.69) is 22.3 Å². The Hall–Kier alpha value is -2.80. The van der Waals surface area contributed by atoms with E-state index in [9.17, 15) is 9.18 Å². The predicted octanol–water partition coefficient (Wildman–Crippen LogP) is 4.32. The number of amides is 1. The van der Waals surface area contributed by atoms with Gasteiger partial charge in [-0.2, -0.15) is 0 Å². The second-order valence-electron chi connectivity index (χ2n) is 8.36. The minimum atomic E-state index is -0.584. The topological polar surface area (TPSA) is 60.0 Å². The van der Waals surface area contributed by atoms with Crippen LogP contribution >= 0.6 is 0 Å². The van der Waals surface area contributed by atoms with Crippen molar-refractivity contribution in [2.75, 3.05) is 47.1 Å². The van der Waals surface area contributed by atoms with E-state index in [1.807, 2.05) is 13.0 Å². The normalized spacial score (nSPS) is 13.3. The number of nitrogens with zero attached hydrogens (tertiary/aromatic N) is 1. The van der Waals surface area contributed by atoms with E-state index in [-0.39, 0.29) is 12.5 Å². The van der Waals surface area contributed by atoms with Crippen LogP contribution in [0.4, 0.5) is 4.39 Å². The number of alkyl halides is 1. The van der Waals surface area contributed by atoms with Crippen molar-refractivity contribution < 1.29 is 23.4 Å². The molecular formula is C26H35FN2O4. The fourth-order valence-corrected chi connectivity index (χ4v) is 4.16. The smallest absolute Gasteiger partial charge is 0.255 e. The summed E-state index contributed by atoms with van der Waals surface area (Å²) in [6.07, 6.45) is 4.03. The summed E-state index contributed by atoms with van der Waals surface area (Å²) in [6.45, 7) is 4.87. The van der Waals surface area contributed by atoms with Gasteiger partial charge in [-0.25, -0.2) is 4.39 Å². The van der Waals surface area contributed by atoms with E-state index in [0.717, 1.165) is 62.4 Å². The third-order valence-electron chi connectivity index (χ3n) is 5.95. The standard InChI is InChI=1S/C26H35FN2O4/c1-19-7-8-23(33-14-10-27)22(15-19)26(30)28-11-5-4-6-12-29-13-9-20-16-24(31-2)25(32-3)17-21(20)18-29/h7-8,15-17H,4-6,9-14,18H2,1-3H3,(H,28,30). The van der Waals surface area contributed by atoms with Gasteiger partial charge in [0.1, 0.15) is 19.0 Å². The van der Waals surface area contributed by atoms with Gasteiger partial charge in [-0.15, -0.1) is 0 Å². The Morgan fingerprint density at radius 2 is 1.79 bits per heavy atom. The number of halogens is 1. The molecule has 0 bridgehead atoms. The van der Waals surface area contributed by atoms with Crippen molar-refractivity contribution in [1.82, 2.24) is 10.2 Å². The monoisotopic (exact) mass is 458 g/mol. The van der Waals surface area contributed by atoms with Gasteiger partial charge in [0.05, 0.1) is 19.8 Å². The zero-order valence-corrected chi connectivity index (χ0v) is 19.9. The molecule has 0 atom stereocenters. The Bertz CT molecular complexity index is 935. The number of carbonyl (C=O) groups is 1. The number of ether oxygens (including phenoxy) is 3. The van der Waals surface area contributed by atoms with Crippen molar-refractivity contribution in [3.63, 3.8) is 0 Å². The van der Waals surface area contributed by atoms with Gasteiger partial charge in [0, 0.05) is 19.6 Å². The summed E-state index contributed by atoms with van der Waals surface area (Å²) in [5.74, 6) is 1.82. The van der Waals surface area contributed by atoms with Crippen LogP contribution in [-0.2, 0) is 13.0 Å². The Kier molecular flexibility index (Phi) is 9.36. The molecule has 0 saturated heterocycles. The first-order chi connectivity index (χ1) is 16.0. The number of fused-ring (bicyclic) bond motifs is 1. The molecule has 2 aromatic carbocycles. The molecule has 0 radical (unpaired) electrons. The van der Waals surface area contributed by atoms with Crippen molar-refractivity contribution in [3.8, 4) is 17.2 Å². The van der Waals surface area contributed by atoms with Crippen molar-refractivity contribution in [1.29, 1.82) is 0 Å². The molecule has 1 N–H and O–H groups in total. The molecule has 180 valence electrons. The molecule has 0 spiro atoms. The van der Waals surface area contributed by atoms with Crippen molar-refractivity contribution in [3.05, 3.63) is 52.6 Å². The van der Waals surface area contributed by atoms with E-state index in [4.69, 9.17) is 14.2 Å². The van der Waals surface area contributed by atoms with Crippen LogP contribution in [0.15, 0.2) is 30.3 Å². The molecule has 1 amide bonds. The molecule has 0 aromatic heterocycles. The van der Waals surface area contributed by atoms with Crippen LogP contribution in [0, 0.1) is 6.92 Å². The lowest BCUT2D eigenvalue weighted by Crippen LogP contribution is -2.31. The molecule has 33 heavy (non-hydrogen) atoms. The van der Waals surface area contributed by atoms with Crippen LogP contribution in [0.2, 0.25) is 0 Å². The van der Waals surface area contributed by atoms with E-state index in [0.29, 0.717) is 17.9 Å². The number of benzene rings is 2. The minimum absolute atomic E-state index is 0.0510. The van der Waals surface area contributed by atoms with Gasteiger partial charge < -0.3 is 19.5 Å². The number of unbranched alkanes of at least 4 members (excludes halogenated alkanes) is 2. The average Bonchev–Trinajstić information content (AvgIpc) is 2.84. The lowest BCUT2D eigenvalue weighted by atomic mass is 9.98. The number of aryl methyl sites for hydroxylation is 1. The lowest BCUT2D eigenvalue weighted by Gasteiger charge is -2.29. The quantitative estimate of drug-likeness (QED) is 0.480. The summed E-state index contributed by atoms with van der Waals surface area (Å²) in [4.78, 5) is 15.0. The molecule has 1 heterocycles. The SMILES string of the molecule is COc1cc2c(cc1OC)CN(CCCCCNC(=O)c1cc(C)ccc1OCCF)CC2. The van der Waals surface area contributed by atoms with E-state index < -0.39 is 6.67 Å². The molecular weight excluding hydrogens is 423 g/mol. The summed E-state index contributed by atoms with van der Waals surface area (Å²) >= 11 is 0. The van der Waals surface area contributed by atoms with Crippen molar-refractivity contribution in [2.45, 2.75) is 39.2 Å². The summed E-state index contributed by atoms with van der Waals surface area (Å²) in [5, 5.41) is 2.97. The summed E-state index contributed by atoms with van der Waals surface area (Å²) in [7, 11) is 3.34. The highest BCUT2D eigenvalue weighted by atomic mass is 19.1. The lowest BCUT2D eigenvalue weighted by molar-refractivity contribution is 0.0948. The highest BCUT2D eigenvalue weighted by Gasteiger charge is 2.19. The Balaban J connectivity index is 1.40. The number of carbonyl (C=O) groups excluding carboxylic acids is 1. The number of hydrogen-bond donors (Lipinski definition) is 1. The molecule has 0 aliphatic carbocycles. The number of rotatable bonds is 12. The number of methoxy groups -OCH3 is 2. The first-order valence-electron chi connectivity index (χ1n) is 11.6. The minimum Gasteiger partial charge on any atom is -0.493 e. The molecule has 6 nitrogen and oxygen atoms in total. The van der Waals surface area contributed by atoms with Crippen molar-refractivity contribution in [2.24, 2.45) is 0 Å². The van der Waals surface area contributed by atoms with Gasteiger partial charge in [0.25, 0.3) is 5.91 Å². The molecule has 7 heteroatoms. The van der Waals surface area contributed by atoms with Crippen molar-refractivity contribution >= 4 is 5.91 Å². The van der Waals surface area contributed by atoms with Gasteiger partial charge in [-0.3, -0.25) is 9.69 Å². The van der Waals surface area contributed by atoms with Crippen LogP contribution in [0.1, 0.15) is 46.3 Å². The predicted molar refractivity (Wildman–Crippen MR) is 127 cm³/mol. The highest BCUT2D eigenvalue weighted by Crippen LogP contribution is 2.33. The maximum absolute atomic E-state index is 12.6. The summed E-state index contributed by atoms with van der Waals surface area (Å²) in [5.41, 5.74) is 4.06. The Labute approximate surface area is 196 Å². The average molecular weight is 459 g/mol. The van der Waals surface area contributed by atoms with Gasteiger partial charge in [0.15, 0.2) is 11.5 Å². The van der Waals surface area contributed by atoms with E-state index in [1.165, 1.54) is 11.1 Å². The second-order valence-corrected chi connectivity index (χ2v) is 8.36. The molecule has 1 aliphatic rings. The largest absolute Gasteiger partial charge is 0.493 e. The first kappa shape index (κ1) is 24.8. The van der Waals surface area contributed by atoms with Crippen LogP contribution in [0.3, 0.4) is 0 Å². The van der Waals surface area contributed by atoms with Gasteiger partial charge >= 0.3 is 0 Å². The zero-order chi connectivity index (χ0) is 23.6. The van der Waals surface area contributed by atoms with Gasteiger partial charge in [-0.1, -0.05) is 18.1 Å². The first-order valence-corrected chi connectivity index (χ1v) is 11.6.